The van der Waals surface area contributed by atoms with E-state index in [1.807, 2.05) is 0 Å². The summed E-state index contributed by atoms with van der Waals surface area (Å²) in [5.41, 5.74) is 3.00. The van der Waals surface area contributed by atoms with Gasteiger partial charge in [-0.1, -0.05) is 23.7 Å². The highest BCUT2D eigenvalue weighted by atomic mass is 35.5. The molecule has 0 saturated carbocycles. The first-order valence-corrected chi connectivity index (χ1v) is 8.29. The average molecular weight is 395 g/mol. The van der Waals surface area contributed by atoms with Crippen molar-refractivity contribution in [1.82, 2.24) is 19.7 Å². The zero-order valence-corrected chi connectivity index (χ0v) is 14.8. The molecule has 0 fully saturated rings. The molecule has 0 saturated heterocycles. The van der Waals surface area contributed by atoms with Crippen LogP contribution in [0.3, 0.4) is 0 Å². The van der Waals surface area contributed by atoms with E-state index in [4.69, 9.17) is 11.6 Å². The van der Waals surface area contributed by atoms with E-state index in [9.17, 15) is 13.2 Å². The smallest absolute Gasteiger partial charge is 0.245 e. The molecule has 2 heterocycles. The summed E-state index contributed by atoms with van der Waals surface area (Å²) < 4.78 is 41.3. The van der Waals surface area contributed by atoms with Gasteiger partial charge in [-0.3, -0.25) is 0 Å². The van der Waals surface area contributed by atoms with E-state index in [1.54, 1.807) is 31.2 Å². The second-order valence-electron chi connectivity index (χ2n) is 5.39. The number of aryl methyl sites for hydroxylation is 1. The minimum atomic E-state index is -2.79. The second-order valence-corrected chi connectivity index (χ2v) is 5.82. The fourth-order valence-electron chi connectivity index (χ4n) is 2.25. The summed E-state index contributed by atoms with van der Waals surface area (Å²) in [7, 11) is 0. The number of hydrogen-bond donors (Lipinski definition) is 1. The Morgan fingerprint density at radius 1 is 1.26 bits per heavy atom. The summed E-state index contributed by atoms with van der Waals surface area (Å²) in [4.78, 5) is 7.89. The van der Waals surface area contributed by atoms with Crippen LogP contribution < -0.4 is 5.43 Å². The third kappa shape index (κ3) is 4.43. The number of aromatic nitrogens is 4. The van der Waals surface area contributed by atoms with E-state index < -0.39 is 18.1 Å². The van der Waals surface area contributed by atoms with E-state index in [0.29, 0.717) is 17.1 Å². The molecule has 0 aliphatic carbocycles. The monoisotopic (exact) mass is 394 g/mol. The zero-order chi connectivity index (χ0) is 19.4. The molecule has 1 N–H and O–H groups in total. The fourth-order valence-corrected chi connectivity index (χ4v) is 2.37. The minimum absolute atomic E-state index is 0.141. The molecular formula is C17H14ClF3N6. The highest BCUT2D eigenvalue weighted by molar-refractivity contribution is 6.30. The molecule has 27 heavy (non-hydrogen) atoms. The third-order valence-corrected chi connectivity index (χ3v) is 3.83. The number of hydrazone groups is 1. The normalized spacial score (nSPS) is 11.5. The number of hydrogen-bond acceptors (Lipinski definition) is 5. The molecule has 0 aliphatic heterocycles. The summed E-state index contributed by atoms with van der Waals surface area (Å²) in [5.74, 6) is -0.690. The third-order valence-electron chi connectivity index (χ3n) is 3.58. The van der Waals surface area contributed by atoms with Gasteiger partial charge in [0.25, 0.3) is 6.43 Å². The summed E-state index contributed by atoms with van der Waals surface area (Å²) in [6.07, 6.45) is -0.308. The van der Waals surface area contributed by atoms with Gasteiger partial charge in [0, 0.05) is 17.1 Å². The lowest BCUT2D eigenvalue weighted by atomic mass is 10.1. The van der Waals surface area contributed by atoms with Gasteiger partial charge in [-0.2, -0.15) is 14.6 Å². The van der Waals surface area contributed by atoms with Crippen LogP contribution in [0.1, 0.15) is 24.6 Å². The predicted octanol–water partition coefficient (Wildman–Crippen LogP) is 4.54. The van der Waals surface area contributed by atoms with Crippen LogP contribution in [0.2, 0.25) is 5.02 Å². The topological polar surface area (TPSA) is 68.0 Å². The first kappa shape index (κ1) is 18.8. The highest BCUT2D eigenvalue weighted by Crippen LogP contribution is 2.25. The van der Waals surface area contributed by atoms with Crippen LogP contribution >= 0.6 is 11.6 Å². The Kier molecular flexibility index (Phi) is 5.70. The number of nitrogens with one attached hydrogen (secondary N) is 1. The van der Waals surface area contributed by atoms with Gasteiger partial charge in [0.2, 0.25) is 11.9 Å². The van der Waals surface area contributed by atoms with E-state index in [-0.39, 0.29) is 17.2 Å². The number of nitrogens with zero attached hydrogens (tertiary/aromatic N) is 5. The lowest BCUT2D eigenvalue weighted by molar-refractivity contribution is 0.146. The summed E-state index contributed by atoms with van der Waals surface area (Å²) in [6, 6.07) is 7.75. The molecule has 140 valence electrons. The second kappa shape index (κ2) is 8.17. The predicted molar refractivity (Wildman–Crippen MR) is 96.5 cm³/mol. The van der Waals surface area contributed by atoms with Crippen LogP contribution in [0.25, 0.3) is 11.3 Å². The van der Waals surface area contributed by atoms with Gasteiger partial charge in [0.1, 0.15) is 5.69 Å². The molecule has 10 heteroatoms. The Balaban J connectivity index is 1.86. The van der Waals surface area contributed by atoms with Gasteiger partial charge in [0.15, 0.2) is 0 Å². The van der Waals surface area contributed by atoms with E-state index in [2.05, 4.69) is 25.6 Å². The maximum atomic E-state index is 13.9. The summed E-state index contributed by atoms with van der Waals surface area (Å²) >= 11 is 5.84. The largest absolute Gasteiger partial charge is 0.280 e. The number of halogens is 4. The molecule has 0 spiro atoms. The van der Waals surface area contributed by atoms with Crippen molar-refractivity contribution in [3.8, 4) is 11.3 Å². The fraction of sp³-hybridized carbons (Fsp3) is 0.176. The molecule has 0 aliphatic rings. The Morgan fingerprint density at radius 2 is 2.00 bits per heavy atom. The van der Waals surface area contributed by atoms with Gasteiger partial charge in [-0.15, -0.1) is 0 Å². The molecule has 6 nitrogen and oxygen atoms in total. The Hall–Kier alpha value is -2.94. The van der Waals surface area contributed by atoms with Crippen LogP contribution in [0.5, 0.6) is 0 Å². The Morgan fingerprint density at radius 3 is 2.63 bits per heavy atom. The zero-order valence-electron chi connectivity index (χ0n) is 14.1. The first-order valence-electron chi connectivity index (χ1n) is 7.91. The lowest BCUT2D eigenvalue weighted by Gasteiger charge is -2.07. The van der Waals surface area contributed by atoms with Gasteiger partial charge in [-0.05, 0) is 25.1 Å². The van der Waals surface area contributed by atoms with Crippen LogP contribution in [0.4, 0.5) is 19.1 Å². The molecule has 0 radical (unpaired) electrons. The molecule has 0 amide bonds. The maximum Gasteiger partial charge on any atom is 0.280 e. The van der Waals surface area contributed by atoms with Crippen molar-refractivity contribution in [1.29, 1.82) is 0 Å². The first-order chi connectivity index (χ1) is 13.0. The number of rotatable bonds is 6. The van der Waals surface area contributed by atoms with Crippen molar-refractivity contribution < 1.29 is 13.2 Å². The van der Waals surface area contributed by atoms with Crippen LogP contribution in [-0.4, -0.2) is 26.0 Å². The van der Waals surface area contributed by atoms with Gasteiger partial charge < -0.3 is 0 Å². The van der Waals surface area contributed by atoms with Crippen molar-refractivity contribution in [3.63, 3.8) is 0 Å². The number of benzene rings is 1. The quantitative estimate of drug-likeness (QED) is 0.492. The molecule has 3 rings (SSSR count). The molecule has 3 aromatic rings. The van der Waals surface area contributed by atoms with E-state index in [0.717, 1.165) is 4.68 Å². The maximum absolute atomic E-state index is 13.9. The van der Waals surface area contributed by atoms with Crippen molar-refractivity contribution in [2.75, 3.05) is 5.43 Å². The molecule has 0 unspecified atom stereocenters. The van der Waals surface area contributed by atoms with Crippen molar-refractivity contribution in [3.05, 3.63) is 58.8 Å². The molecule has 0 atom stereocenters. The van der Waals surface area contributed by atoms with Gasteiger partial charge in [-0.25, -0.2) is 28.9 Å². The van der Waals surface area contributed by atoms with E-state index in [1.165, 1.54) is 18.5 Å². The van der Waals surface area contributed by atoms with Gasteiger partial charge in [0.05, 0.1) is 23.7 Å². The Bertz CT molecular complexity index is 956. The molecular weight excluding hydrogens is 381 g/mol. The van der Waals surface area contributed by atoms with Crippen LogP contribution in [0, 0.1) is 5.95 Å². The van der Waals surface area contributed by atoms with Crippen molar-refractivity contribution in [2.45, 2.75) is 19.9 Å². The molecule has 1 aromatic carbocycles. The standard InChI is InChI=1S/C17H14ClF3N6/c1-2-27-16(21)11(9-23-27)8-22-26-17-24-13(7-14(25-17)15(19)20)10-3-5-12(18)6-4-10/h3-9,15H,2H2,1H3,(H,24,25,26)/b22-8-. The summed E-state index contributed by atoms with van der Waals surface area (Å²) in [5, 5.41) is 8.16. The number of anilines is 1. The van der Waals surface area contributed by atoms with Gasteiger partial charge >= 0.3 is 0 Å². The Labute approximate surface area is 157 Å². The van der Waals surface area contributed by atoms with E-state index >= 15 is 0 Å². The van der Waals surface area contributed by atoms with Crippen molar-refractivity contribution >= 4 is 23.8 Å². The van der Waals surface area contributed by atoms with Crippen LogP contribution in [-0.2, 0) is 6.54 Å². The molecule has 0 bridgehead atoms. The molecule has 2 aromatic heterocycles. The number of alkyl halides is 2. The highest BCUT2D eigenvalue weighted by Gasteiger charge is 2.14. The minimum Gasteiger partial charge on any atom is -0.245 e. The summed E-state index contributed by atoms with van der Waals surface area (Å²) in [6.45, 7) is 2.12. The average Bonchev–Trinajstić information content (AvgIpc) is 3.02. The van der Waals surface area contributed by atoms with Crippen molar-refractivity contribution in [2.24, 2.45) is 5.10 Å². The van der Waals surface area contributed by atoms with Crippen LogP contribution in [0.15, 0.2) is 41.6 Å². The SMILES string of the molecule is CCn1ncc(/C=N\Nc2nc(-c3ccc(Cl)cc3)cc(C(F)F)n2)c1F. The lowest BCUT2D eigenvalue weighted by Crippen LogP contribution is -2.03.